The molecule has 2 N–H and O–H groups in total. The van der Waals surface area contributed by atoms with Gasteiger partial charge in [-0.1, -0.05) is 6.07 Å². The van der Waals surface area contributed by atoms with Crippen molar-refractivity contribution in [2.24, 2.45) is 0 Å². The van der Waals surface area contributed by atoms with Gasteiger partial charge in [-0.25, -0.2) is 15.0 Å². The fourth-order valence-corrected chi connectivity index (χ4v) is 2.40. The average Bonchev–Trinajstić information content (AvgIpc) is 3.16. The van der Waals surface area contributed by atoms with E-state index in [-0.39, 0.29) is 23.5 Å². The smallest absolute Gasteiger partial charge is 0.276 e. The molecule has 128 valence electrons. The lowest BCUT2D eigenvalue weighted by molar-refractivity contribution is 0.0734. The third-order valence-electron chi connectivity index (χ3n) is 3.95. The number of carbonyl (C=O) groups is 1. The second kappa shape index (κ2) is 6.68. The van der Waals surface area contributed by atoms with Gasteiger partial charge in [0.25, 0.3) is 5.91 Å². The second-order valence-corrected chi connectivity index (χ2v) is 5.58. The molecular weight excluding hydrogens is 320 g/mol. The van der Waals surface area contributed by atoms with E-state index in [2.05, 4.69) is 19.9 Å². The molecule has 8 nitrogen and oxygen atoms in total. The minimum atomic E-state index is -0.329. The number of oxazole rings is 1. The van der Waals surface area contributed by atoms with Gasteiger partial charge in [0.05, 0.1) is 23.6 Å². The van der Waals surface area contributed by atoms with Gasteiger partial charge in [0, 0.05) is 13.2 Å². The van der Waals surface area contributed by atoms with Gasteiger partial charge in [-0.3, -0.25) is 9.78 Å². The minimum Gasteiger partial charge on any atom is -0.443 e. The largest absolute Gasteiger partial charge is 0.443 e. The Labute approximate surface area is 144 Å². The van der Waals surface area contributed by atoms with Crippen LogP contribution in [-0.2, 0) is 0 Å². The first-order valence-corrected chi connectivity index (χ1v) is 7.71. The number of nitrogens with two attached hydrogens (primary N) is 1. The maximum atomic E-state index is 12.8. The summed E-state index contributed by atoms with van der Waals surface area (Å²) in [5.41, 5.74) is 7.77. The molecule has 1 amide bonds. The zero-order valence-electron chi connectivity index (χ0n) is 14.2. The number of aromatic nitrogens is 4. The van der Waals surface area contributed by atoms with Gasteiger partial charge in [-0.15, -0.1) is 0 Å². The predicted octanol–water partition coefficient (Wildman–Crippen LogP) is 2.25. The van der Waals surface area contributed by atoms with Crippen LogP contribution < -0.4 is 5.73 Å². The SMILES string of the molecule is Cc1nc(C(=O)N(C)C(C)c2ccccn2)c(N)nc1-c1ncco1. The molecule has 0 aliphatic heterocycles. The van der Waals surface area contributed by atoms with Crippen LogP contribution in [0.4, 0.5) is 5.82 Å². The van der Waals surface area contributed by atoms with E-state index in [9.17, 15) is 4.79 Å². The monoisotopic (exact) mass is 338 g/mol. The van der Waals surface area contributed by atoms with E-state index in [1.54, 1.807) is 20.2 Å². The number of hydrogen-bond donors (Lipinski definition) is 1. The number of nitrogens with zero attached hydrogens (tertiary/aromatic N) is 5. The van der Waals surface area contributed by atoms with Crippen molar-refractivity contribution in [1.82, 2.24) is 24.8 Å². The molecule has 0 aliphatic rings. The first-order chi connectivity index (χ1) is 12.0. The maximum Gasteiger partial charge on any atom is 0.276 e. The Morgan fingerprint density at radius 3 is 2.68 bits per heavy atom. The van der Waals surface area contributed by atoms with E-state index in [1.165, 1.54) is 17.4 Å². The van der Waals surface area contributed by atoms with Gasteiger partial charge in [0.15, 0.2) is 11.5 Å². The van der Waals surface area contributed by atoms with Crippen LogP contribution in [0.15, 0.2) is 41.3 Å². The number of carbonyl (C=O) groups excluding carboxylic acids is 1. The lowest BCUT2D eigenvalue weighted by Crippen LogP contribution is -2.32. The highest BCUT2D eigenvalue weighted by Gasteiger charge is 2.25. The Morgan fingerprint density at radius 2 is 2.04 bits per heavy atom. The number of nitrogen functional groups attached to an aromatic ring is 1. The molecule has 0 spiro atoms. The summed E-state index contributed by atoms with van der Waals surface area (Å²) in [7, 11) is 1.68. The summed E-state index contributed by atoms with van der Waals surface area (Å²) in [4.78, 5) is 31.2. The van der Waals surface area contributed by atoms with Gasteiger partial charge < -0.3 is 15.1 Å². The average molecular weight is 338 g/mol. The highest BCUT2D eigenvalue weighted by atomic mass is 16.3. The first kappa shape index (κ1) is 16.6. The summed E-state index contributed by atoms with van der Waals surface area (Å²) in [6.07, 6.45) is 4.63. The summed E-state index contributed by atoms with van der Waals surface area (Å²) >= 11 is 0. The standard InChI is InChI=1S/C17H18N6O2/c1-10-13(16-20-8-9-25-16)22-15(18)14(21-10)17(24)23(3)11(2)12-6-4-5-7-19-12/h4-9,11H,1-3H3,(H2,18,22). The summed E-state index contributed by atoms with van der Waals surface area (Å²) in [6.45, 7) is 3.61. The molecule has 0 bridgehead atoms. The molecule has 25 heavy (non-hydrogen) atoms. The fourth-order valence-electron chi connectivity index (χ4n) is 2.40. The number of rotatable bonds is 4. The maximum absolute atomic E-state index is 12.8. The molecule has 1 unspecified atom stereocenters. The quantitative estimate of drug-likeness (QED) is 0.776. The molecule has 0 saturated heterocycles. The Morgan fingerprint density at radius 1 is 1.24 bits per heavy atom. The molecule has 0 aromatic carbocycles. The van der Waals surface area contributed by atoms with Crippen molar-refractivity contribution in [1.29, 1.82) is 0 Å². The predicted molar refractivity (Wildman–Crippen MR) is 91.4 cm³/mol. The Hall–Kier alpha value is -3.29. The molecule has 0 aliphatic carbocycles. The topological polar surface area (TPSA) is 111 Å². The molecular formula is C17H18N6O2. The van der Waals surface area contributed by atoms with E-state index in [0.717, 1.165) is 5.69 Å². The van der Waals surface area contributed by atoms with Crippen LogP contribution in [0.2, 0.25) is 0 Å². The fraction of sp³-hybridized carbons (Fsp3) is 0.235. The molecule has 0 radical (unpaired) electrons. The van der Waals surface area contributed by atoms with Crippen LogP contribution in [0.25, 0.3) is 11.6 Å². The number of pyridine rings is 1. The van der Waals surface area contributed by atoms with Crippen molar-refractivity contribution in [3.8, 4) is 11.6 Å². The zero-order chi connectivity index (χ0) is 18.0. The van der Waals surface area contributed by atoms with Crippen molar-refractivity contribution < 1.29 is 9.21 Å². The van der Waals surface area contributed by atoms with Gasteiger partial charge in [-0.05, 0) is 26.0 Å². The third kappa shape index (κ3) is 3.18. The van der Waals surface area contributed by atoms with Crippen molar-refractivity contribution in [2.45, 2.75) is 19.9 Å². The Kier molecular flexibility index (Phi) is 4.42. The highest BCUT2D eigenvalue weighted by molar-refractivity contribution is 5.96. The van der Waals surface area contributed by atoms with Crippen molar-refractivity contribution in [2.75, 3.05) is 12.8 Å². The number of aryl methyl sites for hydroxylation is 1. The van der Waals surface area contributed by atoms with Crippen molar-refractivity contribution >= 4 is 11.7 Å². The molecule has 0 saturated carbocycles. The van der Waals surface area contributed by atoms with Crippen LogP contribution in [0, 0.1) is 6.92 Å². The van der Waals surface area contributed by atoms with Gasteiger partial charge >= 0.3 is 0 Å². The van der Waals surface area contributed by atoms with Crippen molar-refractivity contribution in [3.05, 3.63) is 53.9 Å². The number of hydrogen-bond acceptors (Lipinski definition) is 7. The van der Waals surface area contributed by atoms with Gasteiger partial charge in [0.2, 0.25) is 5.89 Å². The minimum absolute atomic E-state index is 0.0314. The van der Waals surface area contributed by atoms with Gasteiger partial charge in [-0.2, -0.15) is 0 Å². The lowest BCUT2D eigenvalue weighted by Gasteiger charge is -2.24. The van der Waals surface area contributed by atoms with E-state index < -0.39 is 0 Å². The number of anilines is 1. The first-order valence-electron chi connectivity index (χ1n) is 7.71. The van der Waals surface area contributed by atoms with Crippen LogP contribution >= 0.6 is 0 Å². The molecule has 3 aromatic rings. The van der Waals surface area contributed by atoms with E-state index in [0.29, 0.717) is 17.3 Å². The number of amides is 1. The highest BCUT2D eigenvalue weighted by Crippen LogP contribution is 2.23. The van der Waals surface area contributed by atoms with Gasteiger partial charge in [0.1, 0.15) is 12.0 Å². The van der Waals surface area contributed by atoms with Crippen LogP contribution in [-0.4, -0.2) is 37.8 Å². The summed E-state index contributed by atoms with van der Waals surface area (Å²) in [6, 6.07) is 5.33. The molecule has 0 fully saturated rings. The third-order valence-corrected chi connectivity index (χ3v) is 3.95. The lowest BCUT2D eigenvalue weighted by atomic mass is 10.1. The molecule has 1 atom stereocenters. The zero-order valence-corrected chi connectivity index (χ0v) is 14.2. The normalized spacial score (nSPS) is 12.0. The molecule has 3 aromatic heterocycles. The second-order valence-electron chi connectivity index (χ2n) is 5.58. The summed E-state index contributed by atoms with van der Waals surface area (Å²) in [5.74, 6) is 0.0139. The molecule has 8 heteroatoms. The van der Waals surface area contributed by atoms with E-state index in [1.807, 2.05) is 25.1 Å². The van der Waals surface area contributed by atoms with E-state index >= 15 is 0 Å². The van der Waals surface area contributed by atoms with Crippen LogP contribution in [0.5, 0.6) is 0 Å². The molecule has 3 rings (SSSR count). The van der Waals surface area contributed by atoms with E-state index in [4.69, 9.17) is 10.2 Å². The summed E-state index contributed by atoms with van der Waals surface area (Å²) in [5, 5.41) is 0. The molecule has 3 heterocycles. The van der Waals surface area contributed by atoms with Crippen LogP contribution in [0.1, 0.15) is 34.8 Å². The summed E-state index contributed by atoms with van der Waals surface area (Å²) < 4.78 is 5.23. The van der Waals surface area contributed by atoms with Crippen LogP contribution in [0.3, 0.4) is 0 Å². The van der Waals surface area contributed by atoms with Crippen molar-refractivity contribution in [3.63, 3.8) is 0 Å². The Bertz CT molecular complexity index is 880. The Balaban J connectivity index is 1.91.